The highest BCUT2D eigenvalue weighted by atomic mass is 17.5. The van der Waals surface area contributed by atoms with Gasteiger partial charge in [0.25, 0.3) is 0 Å². The Hall–Kier alpha value is -1.92. The zero-order valence-electron chi connectivity index (χ0n) is 25.9. The van der Waals surface area contributed by atoms with Crippen LogP contribution in [0.25, 0.3) is 0 Å². The van der Waals surface area contributed by atoms with Crippen molar-refractivity contribution >= 4 is 11.4 Å². The molecule has 39 heavy (non-hydrogen) atoms. The Labute approximate surface area is 234 Å². The summed E-state index contributed by atoms with van der Waals surface area (Å²) in [5.74, 6) is 0.390. The van der Waals surface area contributed by atoms with Crippen molar-refractivity contribution < 1.29 is 33.3 Å². The van der Waals surface area contributed by atoms with Crippen LogP contribution >= 0.6 is 0 Å². The first-order valence-corrected chi connectivity index (χ1v) is 13.8. The van der Waals surface area contributed by atoms with E-state index in [0.29, 0.717) is 26.0 Å². The molecule has 0 unspecified atom stereocenters. The monoisotopic (exact) mass is 546 g/mol. The van der Waals surface area contributed by atoms with Crippen molar-refractivity contribution in [2.45, 2.75) is 32.4 Å². The molecule has 0 radical (unpaired) electrons. The molecule has 2 aliphatic heterocycles. The van der Waals surface area contributed by atoms with E-state index in [2.05, 4.69) is 112 Å². The molecule has 0 amide bonds. The molecule has 2 fully saturated rings. The average molecular weight is 547 g/mol. The van der Waals surface area contributed by atoms with Crippen molar-refractivity contribution in [2.75, 3.05) is 83.1 Å². The maximum Gasteiger partial charge on any atom is 0.530 e. The molecule has 2 aliphatic rings. The molecule has 0 N–H and O–H groups in total. The van der Waals surface area contributed by atoms with Crippen LogP contribution < -0.4 is 8.97 Å². The first-order chi connectivity index (χ1) is 17.9. The van der Waals surface area contributed by atoms with Crippen molar-refractivity contribution in [3.05, 3.63) is 59.7 Å². The van der Waals surface area contributed by atoms with Gasteiger partial charge < -0.3 is 4.48 Å². The number of hydrogen-bond donors (Lipinski definition) is 0. The molecule has 2 heterocycles. The maximum absolute atomic E-state index is 5.97. The third-order valence-corrected chi connectivity index (χ3v) is 8.12. The van der Waals surface area contributed by atoms with Gasteiger partial charge in [-0.2, -0.15) is 4.48 Å². The number of hydrogen-bond acceptors (Lipinski definition) is 5. The van der Waals surface area contributed by atoms with Crippen LogP contribution in [-0.2, 0) is 30.7 Å². The summed E-state index contributed by atoms with van der Waals surface area (Å²) in [7, 11) is 19.4. The summed E-state index contributed by atoms with van der Waals surface area (Å²) in [6.45, 7) is 6.73. The van der Waals surface area contributed by atoms with Crippen LogP contribution in [0.15, 0.2) is 48.5 Å². The summed E-state index contributed by atoms with van der Waals surface area (Å²) < 4.78 is 8.28. The van der Waals surface area contributed by atoms with Crippen molar-refractivity contribution in [2.24, 2.45) is 5.92 Å². The van der Waals surface area contributed by atoms with Crippen molar-refractivity contribution in [3.8, 4) is 0 Å². The van der Waals surface area contributed by atoms with E-state index < -0.39 is 12.1 Å². The minimum atomic E-state index is -1.07. The Morgan fingerprint density at radius 1 is 0.641 bits per heavy atom. The SMILES string of the molecule is CC(C)COC1([N+](C)(C)c2ccc(Cc3ccc([N+](C)(C)C4([N+](C)(C)CC[N+](C)(C)C)OO4)cc3)cc2)OO1. The first-order valence-electron chi connectivity index (χ1n) is 13.8. The van der Waals surface area contributed by atoms with E-state index in [0.717, 1.165) is 35.4 Å². The topological polar surface area (TPSA) is 59.4 Å². The van der Waals surface area contributed by atoms with E-state index in [1.807, 2.05) is 14.1 Å². The summed E-state index contributed by atoms with van der Waals surface area (Å²) in [6, 6.07) is 16.6. The number of nitrogens with zero attached hydrogens (tertiary/aromatic N) is 4. The zero-order valence-corrected chi connectivity index (χ0v) is 25.9. The van der Waals surface area contributed by atoms with Gasteiger partial charge in [-0.15, -0.1) is 9.78 Å². The second-order valence-electron chi connectivity index (χ2n) is 13.9. The Morgan fingerprint density at radius 3 is 1.49 bits per heavy atom. The molecule has 2 aromatic rings. The highest BCUT2D eigenvalue weighted by molar-refractivity contribution is 5.47. The number of benzene rings is 2. The quantitative estimate of drug-likeness (QED) is 0.164. The van der Waals surface area contributed by atoms with Gasteiger partial charge in [0.05, 0.1) is 70.0 Å². The minimum absolute atomic E-state index is 0.331. The first kappa shape index (κ1) is 30.0. The van der Waals surface area contributed by atoms with Crippen LogP contribution in [-0.4, -0.2) is 104 Å². The molecule has 0 aliphatic carbocycles. The Bertz CT molecular complexity index is 1130. The molecular formula is C30H50N4O5+4. The van der Waals surface area contributed by atoms with E-state index >= 15 is 0 Å². The lowest BCUT2D eigenvalue weighted by Gasteiger charge is -2.40. The molecule has 0 saturated carbocycles. The lowest BCUT2D eigenvalue weighted by Crippen LogP contribution is -2.70. The third kappa shape index (κ3) is 5.93. The van der Waals surface area contributed by atoms with Crippen molar-refractivity contribution in [1.82, 2.24) is 8.97 Å². The normalized spacial score (nSPS) is 18.9. The second kappa shape index (κ2) is 10.2. The van der Waals surface area contributed by atoms with Gasteiger partial charge in [0.15, 0.2) is 0 Å². The number of likely N-dealkylation sites (N-methyl/N-ethyl adjacent to an activating group) is 2. The lowest BCUT2D eigenvalue weighted by molar-refractivity contribution is -0.981. The highest BCUT2D eigenvalue weighted by Gasteiger charge is 2.77. The maximum atomic E-state index is 5.97. The van der Waals surface area contributed by atoms with Crippen LogP contribution in [0.2, 0.25) is 0 Å². The second-order valence-corrected chi connectivity index (χ2v) is 13.9. The van der Waals surface area contributed by atoms with Crippen molar-refractivity contribution in [1.29, 1.82) is 0 Å². The van der Waals surface area contributed by atoms with Gasteiger partial charge in [0, 0.05) is 0 Å². The van der Waals surface area contributed by atoms with Crippen LogP contribution in [0.3, 0.4) is 0 Å². The largest absolute Gasteiger partial charge is 0.530 e. The fraction of sp³-hybridized carbons (Fsp3) is 0.600. The van der Waals surface area contributed by atoms with Crippen LogP contribution in [0.5, 0.6) is 0 Å². The summed E-state index contributed by atoms with van der Waals surface area (Å²) in [4.78, 5) is 22.2. The van der Waals surface area contributed by atoms with Gasteiger partial charge in [-0.05, 0) is 47.7 Å². The highest BCUT2D eigenvalue weighted by Crippen LogP contribution is 2.47. The van der Waals surface area contributed by atoms with E-state index in [-0.39, 0.29) is 0 Å². The summed E-state index contributed by atoms with van der Waals surface area (Å²) >= 11 is 0. The zero-order chi connectivity index (χ0) is 28.9. The average Bonchev–Trinajstić information content (AvgIpc) is 3.76. The summed E-state index contributed by atoms with van der Waals surface area (Å²) in [5, 5.41) is 0. The predicted octanol–water partition coefficient (Wildman–Crippen LogP) is 4.01. The standard InChI is InChI=1S/C30H50N4O5/c1-24(2)23-35-30(38-39-30)34(10,11)28-18-14-26(15-19-28)22-25-12-16-27(17-13-25)33(8,9)29(36-37-29)32(6,7)21-20-31(3,4)5/h12-19,24H,20-23H2,1-11H3/q+4. The Balaban J connectivity index is 1.43. The fourth-order valence-corrected chi connectivity index (χ4v) is 5.03. The molecule has 2 saturated heterocycles. The number of ether oxygens (including phenoxy) is 1. The van der Waals surface area contributed by atoms with E-state index in [1.54, 1.807) is 0 Å². The van der Waals surface area contributed by atoms with Gasteiger partial charge >= 0.3 is 12.1 Å². The van der Waals surface area contributed by atoms with Crippen LogP contribution in [0, 0.1) is 5.92 Å². The summed E-state index contributed by atoms with van der Waals surface area (Å²) in [5.41, 5.74) is 4.67. The van der Waals surface area contributed by atoms with Crippen LogP contribution in [0.4, 0.5) is 11.4 Å². The molecule has 9 nitrogen and oxygen atoms in total. The van der Waals surface area contributed by atoms with Gasteiger partial charge in [0.2, 0.25) is 0 Å². The minimum Gasteiger partial charge on any atom is -0.326 e. The van der Waals surface area contributed by atoms with E-state index in [1.165, 1.54) is 11.1 Å². The number of quaternary nitrogens is 4. The molecule has 0 bridgehead atoms. The Morgan fingerprint density at radius 2 is 1.10 bits per heavy atom. The molecule has 216 valence electrons. The van der Waals surface area contributed by atoms with Gasteiger partial charge in [-0.3, -0.25) is 4.74 Å². The van der Waals surface area contributed by atoms with E-state index in [9.17, 15) is 0 Å². The number of rotatable bonds is 13. The molecule has 2 aromatic carbocycles. The lowest BCUT2D eigenvalue weighted by atomic mass is 10.0. The van der Waals surface area contributed by atoms with Crippen molar-refractivity contribution in [3.63, 3.8) is 0 Å². The Kier molecular flexibility index (Phi) is 7.83. The molecule has 0 spiro atoms. The molecule has 0 atom stereocenters. The molecule has 0 aromatic heterocycles. The molecule has 4 rings (SSSR count). The molecule has 9 heteroatoms. The predicted molar refractivity (Wildman–Crippen MR) is 153 cm³/mol. The smallest absolute Gasteiger partial charge is 0.326 e. The molecular weight excluding hydrogens is 496 g/mol. The van der Waals surface area contributed by atoms with Gasteiger partial charge in [-0.25, -0.2) is 8.97 Å². The third-order valence-electron chi connectivity index (χ3n) is 8.12. The van der Waals surface area contributed by atoms with Gasteiger partial charge in [0.1, 0.15) is 24.5 Å². The fourth-order valence-electron chi connectivity index (χ4n) is 5.03. The summed E-state index contributed by atoms with van der Waals surface area (Å²) in [6.07, 6.45) is -0.231. The van der Waals surface area contributed by atoms with E-state index in [4.69, 9.17) is 24.3 Å². The van der Waals surface area contributed by atoms with Gasteiger partial charge in [-0.1, -0.05) is 47.9 Å². The van der Waals surface area contributed by atoms with Crippen LogP contribution in [0.1, 0.15) is 25.0 Å².